The van der Waals surface area contributed by atoms with Crippen molar-refractivity contribution >= 4 is 44.8 Å². The molecule has 3 atom stereocenters. The van der Waals surface area contributed by atoms with Crippen LogP contribution in [0.1, 0.15) is 89.6 Å². The van der Waals surface area contributed by atoms with Crippen molar-refractivity contribution in [2.24, 2.45) is 5.73 Å². The van der Waals surface area contributed by atoms with Crippen molar-refractivity contribution in [3.05, 3.63) is 89.0 Å². The highest BCUT2D eigenvalue weighted by atomic mass is 19.1. The molecule has 9 rings (SSSR count). The highest BCUT2D eigenvalue weighted by molar-refractivity contribution is 6.00. The van der Waals surface area contributed by atoms with E-state index in [1.54, 1.807) is 23.0 Å². The van der Waals surface area contributed by atoms with Crippen LogP contribution in [0.4, 0.5) is 4.39 Å². The minimum atomic E-state index is -0.460. The maximum Gasteiger partial charge on any atom is 0.256 e. The average molecular weight is 729 g/mol. The number of piperidine rings is 1. The number of amides is 2. The number of para-hydroxylation sites is 1. The molecule has 12 heteroatoms. The predicted octanol–water partition coefficient (Wildman–Crippen LogP) is 6.82. The number of rotatable bonds is 4. The number of carbonyl (C=O) groups is 2. The van der Waals surface area contributed by atoms with E-state index in [1.807, 2.05) is 54.9 Å². The van der Waals surface area contributed by atoms with Gasteiger partial charge in [-0.1, -0.05) is 24.6 Å². The molecule has 3 aliphatic rings. The number of halogens is 1. The summed E-state index contributed by atoms with van der Waals surface area (Å²) in [5.41, 5.74) is 12.2. The zero-order valence-electron chi connectivity index (χ0n) is 31.0. The number of hydrogen-bond acceptors (Lipinski definition) is 7. The maximum absolute atomic E-state index is 16.3. The Balaban J connectivity index is 1.11. The van der Waals surface area contributed by atoms with E-state index < -0.39 is 5.82 Å². The molecule has 278 valence electrons. The van der Waals surface area contributed by atoms with Crippen LogP contribution in [0.2, 0.25) is 0 Å². The Morgan fingerprint density at radius 2 is 1.76 bits per heavy atom. The third kappa shape index (κ3) is 5.92. The van der Waals surface area contributed by atoms with Gasteiger partial charge in [-0.25, -0.2) is 14.4 Å². The SMILES string of the molecule is CO[C@@H]1CCN(C(=O)c2cc(F)c3c(c2)nc(-c2cc4ccc5nc4n2CCCCCc2nc4ccccc4cc2C(=O)N(C)[C@@H]5C)n3C2CC2)C[C@@H]1N. The van der Waals surface area contributed by atoms with Gasteiger partial charge in [-0.05, 0) is 87.9 Å². The number of ether oxygens (including phenoxy) is 1. The van der Waals surface area contributed by atoms with Crippen LogP contribution in [0.25, 0.3) is 44.5 Å². The third-order valence-electron chi connectivity index (χ3n) is 11.7. The van der Waals surface area contributed by atoms with E-state index in [0.717, 1.165) is 71.1 Å². The van der Waals surface area contributed by atoms with Crippen LogP contribution < -0.4 is 5.73 Å². The average Bonchev–Trinajstić information content (AvgIpc) is 3.86. The molecular formula is C42H45FN8O3. The number of aromatic nitrogens is 5. The van der Waals surface area contributed by atoms with Crippen molar-refractivity contribution in [2.75, 3.05) is 27.2 Å². The van der Waals surface area contributed by atoms with Crippen molar-refractivity contribution in [1.29, 1.82) is 0 Å². The van der Waals surface area contributed by atoms with Crippen LogP contribution in [0.15, 0.2) is 60.7 Å². The van der Waals surface area contributed by atoms with Crippen LogP contribution in [0.5, 0.6) is 0 Å². The fraction of sp³-hybridized carbons (Fsp3) is 0.405. The van der Waals surface area contributed by atoms with Gasteiger partial charge in [0, 0.05) is 62.2 Å². The summed E-state index contributed by atoms with van der Waals surface area (Å²) in [6.45, 7) is 3.52. The summed E-state index contributed by atoms with van der Waals surface area (Å²) in [4.78, 5) is 46.5. The standard InChI is InChI=1S/C42H45FN8O3/c1-24-32-15-12-26-22-36(50(39(26)46-32)17-8-4-5-11-34-29(42(53)48(24)2)19-25-9-6-7-10-33(25)45-34)40-47-35-21-27(20-30(43)38(35)51(40)28-13-14-28)41(52)49-18-16-37(54-3)31(44)23-49/h6-7,9-10,12,15,19-22,24,28,31,37H,4-5,8,11,13-14,16-18,23,44H2,1-3H3/t24-,31+,37-/m1/s1. The highest BCUT2D eigenvalue weighted by Crippen LogP contribution is 2.43. The van der Waals surface area contributed by atoms with Crippen LogP contribution in [-0.2, 0) is 17.7 Å². The second-order valence-electron chi connectivity index (χ2n) is 15.2. The molecule has 6 aromatic rings. The van der Waals surface area contributed by atoms with E-state index in [0.29, 0.717) is 54.9 Å². The lowest BCUT2D eigenvalue weighted by molar-refractivity contribution is 0.0227. The molecule has 0 radical (unpaired) electrons. The first-order valence-electron chi connectivity index (χ1n) is 19.2. The molecule has 0 spiro atoms. The Labute approximate surface area is 312 Å². The molecule has 2 N–H and O–H groups in total. The summed E-state index contributed by atoms with van der Waals surface area (Å²) < 4.78 is 26.0. The fourth-order valence-corrected chi connectivity index (χ4v) is 8.42. The highest BCUT2D eigenvalue weighted by Gasteiger charge is 2.34. The van der Waals surface area contributed by atoms with Crippen LogP contribution >= 0.6 is 0 Å². The Bertz CT molecular complexity index is 2450. The van der Waals surface area contributed by atoms with E-state index in [9.17, 15) is 9.59 Å². The Kier molecular flexibility index (Phi) is 8.69. The van der Waals surface area contributed by atoms with Gasteiger partial charge < -0.3 is 29.4 Å². The molecule has 6 heterocycles. The second-order valence-corrected chi connectivity index (χ2v) is 15.2. The summed E-state index contributed by atoms with van der Waals surface area (Å²) in [5, 5.41) is 1.90. The first-order chi connectivity index (χ1) is 26.2. The number of hydrogen-bond donors (Lipinski definition) is 1. The second kappa shape index (κ2) is 13.6. The fourth-order valence-electron chi connectivity index (χ4n) is 8.42. The molecular weight excluding hydrogens is 684 g/mol. The van der Waals surface area contributed by atoms with Crippen molar-refractivity contribution in [2.45, 2.75) is 82.6 Å². The number of nitrogens with zero attached hydrogens (tertiary/aromatic N) is 7. The van der Waals surface area contributed by atoms with E-state index >= 15 is 4.39 Å². The van der Waals surface area contributed by atoms with Gasteiger partial charge in [0.15, 0.2) is 5.82 Å². The number of fused-ring (bicyclic) bond motifs is 4. The molecule has 2 aliphatic heterocycles. The van der Waals surface area contributed by atoms with Gasteiger partial charge >= 0.3 is 0 Å². The van der Waals surface area contributed by atoms with E-state index in [2.05, 4.69) is 16.7 Å². The van der Waals surface area contributed by atoms with E-state index in [-0.39, 0.29) is 41.6 Å². The van der Waals surface area contributed by atoms with Gasteiger partial charge in [0.05, 0.1) is 45.8 Å². The lowest BCUT2D eigenvalue weighted by atomic mass is 10.0. The minimum Gasteiger partial charge on any atom is -0.380 e. The molecule has 2 bridgehead atoms. The molecule has 2 aromatic carbocycles. The van der Waals surface area contributed by atoms with Crippen molar-refractivity contribution in [3.8, 4) is 11.5 Å². The van der Waals surface area contributed by atoms with Crippen molar-refractivity contribution in [1.82, 2.24) is 33.9 Å². The Morgan fingerprint density at radius 1 is 0.926 bits per heavy atom. The quantitative estimate of drug-likeness (QED) is 0.211. The lowest BCUT2D eigenvalue weighted by Gasteiger charge is -2.35. The minimum absolute atomic E-state index is 0.0777. The zero-order chi connectivity index (χ0) is 37.2. The predicted molar refractivity (Wildman–Crippen MR) is 206 cm³/mol. The maximum atomic E-state index is 16.3. The summed E-state index contributed by atoms with van der Waals surface area (Å²) >= 11 is 0. The molecule has 1 saturated heterocycles. The summed E-state index contributed by atoms with van der Waals surface area (Å²) in [5.74, 6) is -0.125. The molecule has 1 saturated carbocycles. The lowest BCUT2D eigenvalue weighted by Crippen LogP contribution is -2.53. The summed E-state index contributed by atoms with van der Waals surface area (Å²) in [6, 6.07) is 18.6. The Hall–Kier alpha value is -5.20. The van der Waals surface area contributed by atoms with Gasteiger partial charge in [0.1, 0.15) is 17.0 Å². The van der Waals surface area contributed by atoms with Gasteiger partial charge in [-0.2, -0.15) is 0 Å². The number of benzene rings is 2. The first kappa shape index (κ1) is 34.6. The summed E-state index contributed by atoms with van der Waals surface area (Å²) in [7, 11) is 3.46. The topological polar surface area (TPSA) is 124 Å². The van der Waals surface area contributed by atoms with E-state index in [4.69, 9.17) is 25.4 Å². The smallest absolute Gasteiger partial charge is 0.256 e. The molecule has 4 aromatic heterocycles. The van der Waals surface area contributed by atoms with Crippen molar-refractivity contribution in [3.63, 3.8) is 0 Å². The van der Waals surface area contributed by atoms with Crippen LogP contribution in [0, 0.1) is 5.82 Å². The monoisotopic (exact) mass is 728 g/mol. The number of carbonyl (C=O) groups excluding carboxylic acids is 2. The molecule has 1 aliphatic carbocycles. The van der Waals surface area contributed by atoms with Gasteiger partial charge in [-0.3, -0.25) is 14.6 Å². The number of nitrogens with two attached hydrogens (primary N) is 1. The first-order valence-corrected chi connectivity index (χ1v) is 19.2. The number of pyridine rings is 2. The van der Waals surface area contributed by atoms with Crippen LogP contribution in [-0.4, -0.2) is 85.1 Å². The van der Waals surface area contributed by atoms with E-state index in [1.165, 1.54) is 6.07 Å². The third-order valence-corrected chi connectivity index (χ3v) is 11.7. The van der Waals surface area contributed by atoms with Crippen LogP contribution in [0.3, 0.4) is 0 Å². The number of likely N-dealkylation sites (tertiary alicyclic amines) is 1. The summed E-state index contributed by atoms with van der Waals surface area (Å²) in [6.07, 6.45) is 5.72. The van der Waals surface area contributed by atoms with Gasteiger partial charge in [0.25, 0.3) is 11.8 Å². The zero-order valence-corrected chi connectivity index (χ0v) is 31.0. The van der Waals surface area contributed by atoms with Crippen molar-refractivity contribution < 1.29 is 18.7 Å². The number of imidazole rings is 1. The largest absolute Gasteiger partial charge is 0.380 e. The molecule has 11 nitrogen and oxygen atoms in total. The molecule has 2 fully saturated rings. The van der Waals surface area contributed by atoms with Gasteiger partial charge in [0.2, 0.25) is 0 Å². The number of methoxy groups -OCH3 is 1. The normalized spacial score (nSPS) is 21.3. The Morgan fingerprint density at radius 3 is 2.56 bits per heavy atom. The molecule has 2 amide bonds. The number of aryl methyl sites for hydroxylation is 2. The molecule has 0 unspecified atom stereocenters. The van der Waals surface area contributed by atoms with Gasteiger partial charge in [-0.15, -0.1) is 0 Å². The molecule has 54 heavy (non-hydrogen) atoms.